The van der Waals surface area contributed by atoms with Gasteiger partial charge < -0.3 is 14.6 Å². The minimum atomic E-state index is -0.125. The Morgan fingerprint density at radius 1 is 1.05 bits per heavy atom. The van der Waals surface area contributed by atoms with Crippen LogP contribution >= 0.6 is 0 Å². The van der Waals surface area contributed by atoms with Crippen LogP contribution in [0.4, 0.5) is 0 Å². The number of H-pyrrole nitrogens is 1. The monoisotopic (exact) mass is 513 g/mol. The van der Waals surface area contributed by atoms with Crippen LogP contribution in [0.25, 0.3) is 21.8 Å². The van der Waals surface area contributed by atoms with Gasteiger partial charge in [-0.1, -0.05) is 31.0 Å². The quantitative estimate of drug-likeness (QED) is 0.367. The van der Waals surface area contributed by atoms with Crippen molar-refractivity contribution in [1.82, 2.24) is 24.6 Å². The normalized spacial score (nSPS) is 17.0. The van der Waals surface area contributed by atoms with Gasteiger partial charge >= 0.3 is 0 Å². The second kappa shape index (κ2) is 10.6. The first-order chi connectivity index (χ1) is 18.6. The van der Waals surface area contributed by atoms with Crippen LogP contribution in [-0.4, -0.2) is 69.8 Å². The van der Waals surface area contributed by atoms with Gasteiger partial charge in [-0.2, -0.15) is 5.10 Å². The number of fused-ring (bicyclic) bond motifs is 3. The summed E-state index contributed by atoms with van der Waals surface area (Å²) in [5.41, 5.74) is 3.08. The summed E-state index contributed by atoms with van der Waals surface area (Å²) in [4.78, 5) is 33.8. The van der Waals surface area contributed by atoms with Gasteiger partial charge in [0.1, 0.15) is 5.75 Å². The topological polar surface area (TPSA) is 83.5 Å². The number of piperazine rings is 1. The Balaban J connectivity index is 1.16. The molecule has 2 aromatic heterocycles. The summed E-state index contributed by atoms with van der Waals surface area (Å²) in [7, 11) is 0. The lowest BCUT2D eigenvalue weighted by Gasteiger charge is -2.35. The van der Waals surface area contributed by atoms with Crippen LogP contribution in [0.3, 0.4) is 0 Å². The number of rotatable bonds is 7. The highest BCUT2D eigenvalue weighted by atomic mass is 16.5. The summed E-state index contributed by atoms with van der Waals surface area (Å²) in [6, 6.07) is 14.1. The van der Waals surface area contributed by atoms with Gasteiger partial charge in [-0.3, -0.25) is 19.2 Å². The number of aromatic amines is 1. The number of ether oxygens (including phenoxy) is 1. The van der Waals surface area contributed by atoms with Gasteiger partial charge in [0, 0.05) is 43.7 Å². The zero-order chi connectivity index (χ0) is 26.1. The fraction of sp³-hybridized carbons (Fsp3) is 0.433. The maximum absolute atomic E-state index is 13.7. The highest BCUT2D eigenvalue weighted by Crippen LogP contribution is 2.34. The Morgan fingerprint density at radius 3 is 2.58 bits per heavy atom. The Hall–Kier alpha value is -3.65. The number of hydrogen-bond acceptors (Lipinski definition) is 5. The van der Waals surface area contributed by atoms with Gasteiger partial charge in [-0.15, -0.1) is 0 Å². The second-order valence-corrected chi connectivity index (χ2v) is 10.6. The summed E-state index contributed by atoms with van der Waals surface area (Å²) in [5, 5.41) is 6.11. The Kier molecular flexibility index (Phi) is 6.89. The first kappa shape index (κ1) is 24.7. The molecule has 2 fully saturated rings. The predicted molar refractivity (Wildman–Crippen MR) is 149 cm³/mol. The smallest absolute Gasteiger partial charge is 0.259 e. The molecule has 1 aliphatic heterocycles. The van der Waals surface area contributed by atoms with Crippen molar-refractivity contribution in [3.05, 3.63) is 70.1 Å². The largest absolute Gasteiger partial charge is 0.494 e. The van der Waals surface area contributed by atoms with Gasteiger partial charge in [0.05, 0.1) is 35.3 Å². The molecule has 0 unspecified atom stereocenters. The predicted octanol–water partition coefficient (Wildman–Crippen LogP) is 4.53. The Labute approximate surface area is 222 Å². The van der Waals surface area contributed by atoms with E-state index >= 15 is 0 Å². The molecule has 1 saturated carbocycles. The van der Waals surface area contributed by atoms with Crippen molar-refractivity contribution in [2.45, 2.75) is 45.1 Å². The van der Waals surface area contributed by atoms with Crippen LogP contribution in [0.15, 0.2) is 53.5 Å². The van der Waals surface area contributed by atoms with E-state index in [0.29, 0.717) is 36.7 Å². The number of nitrogens with zero attached hydrogens (tertiary/aromatic N) is 4. The van der Waals surface area contributed by atoms with Gasteiger partial charge in [-0.25, -0.2) is 0 Å². The number of pyridine rings is 1. The maximum Gasteiger partial charge on any atom is 0.259 e. The molecule has 0 spiro atoms. The van der Waals surface area contributed by atoms with Crippen LogP contribution in [0.2, 0.25) is 0 Å². The molecule has 1 saturated heterocycles. The van der Waals surface area contributed by atoms with E-state index < -0.39 is 0 Å². The van der Waals surface area contributed by atoms with Crippen LogP contribution < -0.4 is 10.3 Å². The van der Waals surface area contributed by atoms with Crippen molar-refractivity contribution in [3.63, 3.8) is 0 Å². The highest BCUT2D eigenvalue weighted by molar-refractivity contribution is 6.07. The van der Waals surface area contributed by atoms with Gasteiger partial charge in [0.25, 0.3) is 11.5 Å². The van der Waals surface area contributed by atoms with Gasteiger partial charge in [-0.05, 0) is 56.0 Å². The fourth-order valence-electron chi connectivity index (χ4n) is 5.99. The fourth-order valence-corrected chi connectivity index (χ4v) is 5.99. The molecular formula is C30H35N5O3. The molecule has 2 aromatic carbocycles. The third-order valence-electron chi connectivity index (χ3n) is 8.10. The average molecular weight is 514 g/mol. The molecule has 1 amide bonds. The molecule has 2 aliphatic rings. The number of benzene rings is 2. The van der Waals surface area contributed by atoms with Crippen molar-refractivity contribution in [2.24, 2.45) is 0 Å². The van der Waals surface area contributed by atoms with Crippen molar-refractivity contribution < 1.29 is 9.53 Å². The first-order valence-electron chi connectivity index (χ1n) is 13.8. The van der Waals surface area contributed by atoms with Gasteiger partial charge in [0.2, 0.25) is 0 Å². The van der Waals surface area contributed by atoms with Crippen LogP contribution in [0.5, 0.6) is 5.75 Å². The molecule has 3 heterocycles. The van der Waals surface area contributed by atoms with Crippen LogP contribution in [-0.2, 0) is 0 Å². The number of amides is 1. The number of hydrogen-bond donors (Lipinski definition) is 1. The van der Waals surface area contributed by atoms with E-state index in [9.17, 15) is 9.59 Å². The minimum absolute atomic E-state index is 0.0581. The third kappa shape index (κ3) is 4.80. The van der Waals surface area contributed by atoms with Crippen LogP contribution in [0, 0.1) is 6.92 Å². The van der Waals surface area contributed by atoms with E-state index in [1.807, 2.05) is 59.0 Å². The Bertz CT molecular complexity index is 1500. The Morgan fingerprint density at radius 2 is 1.82 bits per heavy atom. The van der Waals surface area contributed by atoms with Crippen molar-refractivity contribution in [1.29, 1.82) is 0 Å². The lowest BCUT2D eigenvalue weighted by Crippen LogP contribution is -2.49. The molecular weight excluding hydrogens is 478 g/mol. The lowest BCUT2D eigenvalue weighted by atomic mass is 10.0. The van der Waals surface area contributed by atoms with E-state index in [1.165, 1.54) is 12.8 Å². The summed E-state index contributed by atoms with van der Waals surface area (Å²) >= 11 is 0. The molecule has 198 valence electrons. The summed E-state index contributed by atoms with van der Waals surface area (Å²) in [6.07, 6.45) is 7.15. The summed E-state index contributed by atoms with van der Waals surface area (Å²) in [5.74, 6) is 0.962. The SMILES string of the molecule is Cc1cc2[nH]c(=O)c3cnn(C4CCCC4)c3c2cc1C(=O)N1CCN(CCCOc2ccccc2)CC1. The molecule has 0 radical (unpaired) electrons. The molecule has 8 nitrogen and oxygen atoms in total. The van der Waals surface area contributed by atoms with Crippen molar-refractivity contribution in [3.8, 4) is 5.75 Å². The van der Waals surface area contributed by atoms with E-state index in [0.717, 1.165) is 66.6 Å². The zero-order valence-electron chi connectivity index (χ0n) is 22.0. The summed E-state index contributed by atoms with van der Waals surface area (Å²) < 4.78 is 7.85. The number of para-hydroxylation sites is 1. The first-order valence-corrected chi connectivity index (χ1v) is 13.8. The van der Waals surface area contributed by atoms with Crippen molar-refractivity contribution in [2.75, 3.05) is 39.3 Å². The van der Waals surface area contributed by atoms with Crippen LogP contribution in [0.1, 0.15) is 54.1 Å². The standard InChI is InChI=1S/C30H35N5O3/c1-21-18-27-25(28-26(29(36)32-27)20-31-35(28)22-8-5-6-9-22)19-24(21)30(37)34-15-13-33(14-16-34)12-7-17-38-23-10-3-2-4-11-23/h2-4,10-11,18-20,22H,5-9,12-17H2,1H3,(H,32,36). The molecule has 1 N–H and O–H groups in total. The second-order valence-electron chi connectivity index (χ2n) is 10.6. The number of nitrogens with one attached hydrogen (secondary N) is 1. The minimum Gasteiger partial charge on any atom is -0.494 e. The average Bonchev–Trinajstić information content (AvgIpc) is 3.62. The van der Waals surface area contributed by atoms with E-state index in [2.05, 4.69) is 15.0 Å². The molecule has 0 bridgehead atoms. The molecule has 6 rings (SSSR count). The number of carbonyl (C=O) groups is 1. The third-order valence-corrected chi connectivity index (χ3v) is 8.10. The lowest BCUT2D eigenvalue weighted by molar-refractivity contribution is 0.0630. The molecule has 4 aromatic rings. The molecule has 1 aliphatic carbocycles. The van der Waals surface area contributed by atoms with Crippen molar-refractivity contribution >= 4 is 27.7 Å². The molecule has 0 atom stereocenters. The van der Waals surface area contributed by atoms with E-state index in [-0.39, 0.29) is 11.5 Å². The summed E-state index contributed by atoms with van der Waals surface area (Å²) in [6.45, 7) is 6.72. The number of carbonyl (C=O) groups excluding carboxylic acids is 1. The van der Waals surface area contributed by atoms with E-state index in [4.69, 9.17) is 4.74 Å². The number of aryl methyl sites for hydroxylation is 1. The maximum atomic E-state index is 13.7. The number of aromatic nitrogens is 3. The zero-order valence-corrected chi connectivity index (χ0v) is 22.0. The highest BCUT2D eigenvalue weighted by Gasteiger charge is 2.26. The van der Waals surface area contributed by atoms with E-state index in [1.54, 1.807) is 6.20 Å². The molecule has 8 heteroatoms. The molecule has 38 heavy (non-hydrogen) atoms. The van der Waals surface area contributed by atoms with Gasteiger partial charge in [0.15, 0.2) is 0 Å².